The number of aromatic nitrogens is 1. The molecule has 0 aliphatic rings. The van der Waals surface area contributed by atoms with Crippen molar-refractivity contribution in [2.24, 2.45) is 0 Å². The molecule has 2 rings (SSSR count). The molecule has 0 N–H and O–H groups in total. The average molecular weight is 225 g/mol. The molecule has 0 atom stereocenters. The maximum absolute atomic E-state index is 11.2. The molecule has 0 saturated carbocycles. The smallest absolute Gasteiger partial charge is 0.161 e. The molecule has 0 aliphatic carbocycles. The van der Waals surface area contributed by atoms with Gasteiger partial charge >= 0.3 is 0 Å². The number of carbonyl (C=O) groups excluding carboxylic acids is 1. The minimum absolute atomic E-state index is 0.0460. The molecular weight excluding hydrogens is 210 g/mol. The molecule has 2 nitrogen and oxygen atoms in total. The summed E-state index contributed by atoms with van der Waals surface area (Å²) >= 11 is 0. The van der Waals surface area contributed by atoms with E-state index >= 15 is 0 Å². The lowest BCUT2D eigenvalue weighted by atomic mass is 10.0. The van der Waals surface area contributed by atoms with Crippen molar-refractivity contribution in [3.63, 3.8) is 0 Å². The van der Waals surface area contributed by atoms with Crippen LogP contribution < -0.4 is 0 Å². The van der Waals surface area contributed by atoms with Gasteiger partial charge in [0.2, 0.25) is 0 Å². The van der Waals surface area contributed by atoms with Gasteiger partial charge in [0.15, 0.2) is 5.78 Å². The van der Waals surface area contributed by atoms with Crippen LogP contribution in [0.25, 0.3) is 11.3 Å². The summed E-state index contributed by atoms with van der Waals surface area (Å²) in [6.45, 7) is 5.69. The van der Waals surface area contributed by atoms with Gasteiger partial charge in [-0.2, -0.15) is 0 Å². The van der Waals surface area contributed by atoms with Gasteiger partial charge in [-0.15, -0.1) is 0 Å². The number of rotatable bonds is 2. The lowest BCUT2D eigenvalue weighted by molar-refractivity contribution is 0.101. The van der Waals surface area contributed by atoms with Gasteiger partial charge in [-0.05, 0) is 38.5 Å². The van der Waals surface area contributed by atoms with Crippen LogP contribution in [0.15, 0.2) is 36.5 Å². The Bertz CT molecular complexity index is 556. The number of benzene rings is 1. The zero-order chi connectivity index (χ0) is 12.4. The van der Waals surface area contributed by atoms with Crippen molar-refractivity contribution in [2.75, 3.05) is 0 Å². The highest BCUT2D eigenvalue weighted by Crippen LogP contribution is 2.22. The lowest BCUT2D eigenvalue weighted by Gasteiger charge is -2.06. The first-order valence-corrected chi connectivity index (χ1v) is 5.62. The van der Waals surface area contributed by atoms with Crippen molar-refractivity contribution in [1.82, 2.24) is 4.98 Å². The van der Waals surface area contributed by atoms with Crippen molar-refractivity contribution in [3.8, 4) is 11.3 Å². The fourth-order valence-electron chi connectivity index (χ4n) is 1.86. The summed E-state index contributed by atoms with van der Waals surface area (Å²) in [6, 6.07) is 10.00. The quantitative estimate of drug-likeness (QED) is 0.731. The Morgan fingerprint density at radius 3 is 2.41 bits per heavy atom. The van der Waals surface area contributed by atoms with Gasteiger partial charge < -0.3 is 0 Å². The SMILES string of the molecule is CC(=O)c1ccc(-c2ccc(C)cc2C)nc1. The number of aryl methyl sites for hydroxylation is 2. The van der Waals surface area contributed by atoms with Gasteiger partial charge in [0.05, 0.1) is 5.69 Å². The van der Waals surface area contributed by atoms with E-state index in [1.807, 2.05) is 12.1 Å². The summed E-state index contributed by atoms with van der Waals surface area (Å²) in [5.74, 6) is 0.0460. The highest BCUT2D eigenvalue weighted by molar-refractivity contribution is 5.94. The highest BCUT2D eigenvalue weighted by Gasteiger charge is 2.05. The molecule has 1 aromatic heterocycles. The Balaban J connectivity index is 2.43. The Morgan fingerprint density at radius 2 is 1.88 bits per heavy atom. The topological polar surface area (TPSA) is 30.0 Å². The first-order chi connectivity index (χ1) is 8.08. The summed E-state index contributed by atoms with van der Waals surface area (Å²) < 4.78 is 0. The number of nitrogens with zero attached hydrogens (tertiary/aromatic N) is 1. The van der Waals surface area contributed by atoms with Crippen LogP contribution in [0, 0.1) is 13.8 Å². The number of hydrogen-bond donors (Lipinski definition) is 0. The van der Waals surface area contributed by atoms with E-state index in [4.69, 9.17) is 0 Å². The van der Waals surface area contributed by atoms with Gasteiger partial charge in [0.25, 0.3) is 0 Å². The van der Waals surface area contributed by atoms with Crippen LogP contribution in [0.3, 0.4) is 0 Å². The molecule has 0 amide bonds. The summed E-state index contributed by atoms with van der Waals surface area (Å²) in [6.07, 6.45) is 1.64. The molecule has 0 saturated heterocycles. The van der Waals surface area contributed by atoms with Crippen molar-refractivity contribution in [3.05, 3.63) is 53.2 Å². The van der Waals surface area contributed by atoms with E-state index in [-0.39, 0.29) is 5.78 Å². The molecule has 0 fully saturated rings. The van der Waals surface area contributed by atoms with E-state index in [1.165, 1.54) is 11.1 Å². The minimum Gasteiger partial charge on any atom is -0.294 e. The maximum Gasteiger partial charge on any atom is 0.161 e. The molecule has 17 heavy (non-hydrogen) atoms. The molecule has 0 bridgehead atoms. The zero-order valence-electron chi connectivity index (χ0n) is 10.3. The first kappa shape index (κ1) is 11.5. The second kappa shape index (κ2) is 4.50. The minimum atomic E-state index is 0.0460. The summed E-state index contributed by atoms with van der Waals surface area (Å²) in [5.41, 5.74) is 5.12. The number of carbonyl (C=O) groups is 1. The van der Waals surface area contributed by atoms with E-state index in [1.54, 1.807) is 13.1 Å². The third-order valence-corrected chi connectivity index (χ3v) is 2.83. The molecule has 2 aromatic rings. The number of hydrogen-bond acceptors (Lipinski definition) is 2. The molecular formula is C15H15NO. The number of ketones is 1. The van der Waals surface area contributed by atoms with Crippen LogP contribution in [0.5, 0.6) is 0 Å². The van der Waals surface area contributed by atoms with Gasteiger partial charge in [-0.25, -0.2) is 0 Å². The average Bonchev–Trinajstić information content (AvgIpc) is 2.29. The van der Waals surface area contributed by atoms with Crippen LogP contribution in [0.4, 0.5) is 0 Å². The third kappa shape index (κ3) is 2.41. The largest absolute Gasteiger partial charge is 0.294 e. The first-order valence-electron chi connectivity index (χ1n) is 5.62. The number of pyridine rings is 1. The van der Waals surface area contributed by atoms with Crippen LogP contribution >= 0.6 is 0 Å². The monoisotopic (exact) mass is 225 g/mol. The van der Waals surface area contributed by atoms with Gasteiger partial charge in [0, 0.05) is 17.3 Å². The van der Waals surface area contributed by atoms with Crippen molar-refractivity contribution in [1.29, 1.82) is 0 Å². The summed E-state index contributed by atoms with van der Waals surface area (Å²) in [5, 5.41) is 0. The van der Waals surface area contributed by atoms with E-state index < -0.39 is 0 Å². The zero-order valence-corrected chi connectivity index (χ0v) is 10.3. The van der Waals surface area contributed by atoms with Crippen molar-refractivity contribution < 1.29 is 4.79 Å². The van der Waals surface area contributed by atoms with E-state index in [0.29, 0.717) is 5.56 Å². The fourth-order valence-corrected chi connectivity index (χ4v) is 1.86. The lowest BCUT2D eigenvalue weighted by Crippen LogP contribution is -1.94. The van der Waals surface area contributed by atoms with Gasteiger partial charge in [-0.3, -0.25) is 9.78 Å². The molecule has 0 unspecified atom stereocenters. The van der Waals surface area contributed by atoms with Crippen LogP contribution in [-0.4, -0.2) is 10.8 Å². The second-order valence-electron chi connectivity index (χ2n) is 4.31. The van der Waals surface area contributed by atoms with Crippen LogP contribution in [0.2, 0.25) is 0 Å². The molecule has 0 radical (unpaired) electrons. The molecule has 0 spiro atoms. The van der Waals surface area contributed by atoms with E-state index in [0.717, 1.165) is 11.3 Å². The van der Waals surface area contributed by atoms with Crippen LogP contribution in [-0.2, 0) is 0 Å². The third-order valence-electron chi connectivity index (χ3n) is 2.83. The Kier molecular flexibility index (Phi) is 3.05. The molecule has 2 heteroatoms. The Morgan fingerprint density at radius 1 is 1.12 bits per heavy atom. The van der Waals surface area contributed by atoms with E-state index in [2.05, 4.69) is 37.0 Å². The molecule has 0 aliphatic heterocycles. The Hall–Kier alpha value is -1.96. The normalized spacial score (nSPS) is 10.3. The fraction of sp³-hybridized carbons (Fsp3) is 0.200. The maximum atomic E-state index is 11.2. The second-order valence-corrected chi connectivity index (χ2v) is 4.31. The van der Waals surface area contributed by atoms with Crippen molar-refractivity contribution in [2.45, 2.75) is 20.8 Å². The van der Waals surface area contributed by atoms with Crippen molar-refractivity contribution >= 4 is 5.78 Å². The molecule has 1 aromatic carbocycles. The van der Waals surface area contributed by atoms with Gasteiger partial charge in [0.1, 0.15) is 0 Å². The predicted octanol–water partition coefficient (Wildman–Crippen LogP) is 3.57. The summed E-state index contributed by atoms with van der Waals surface area (Å²) in [4.78, 5) is 15.5. The Labute approximate surface area is 101 Å². The number of Topliss-reactive ketones (excluding diaryl/α,β-unsaturated/α-hetero) is 1. The standard InChI is InChI=1S/C15H15NO/c1-10-4-6-14(11(2)8-10)15-7-5-13(9-16-15)12(3)17/h4-9H,1-3H3. The van der Waals surface area contributed by atoms with Crippen LogP contribution in [0.1, 0.15) is 28.4 Å². The molecule has 1 heterocycles. The summed E-state index contributed by atoms with van der Waals surface area (Å²) in [7, 11) is 0. The predicted molar refractivity (Wildman–Crippen MR) is 69.2 cm³/mol. The highest BCUT2D eigenvalue weighted by atomic mass is 16.1. The van der Waals surface area contributed by atoms with Gasteiger partial charge in [-0.1, -0.05) is 23.8 Å². The molecule has 86 valence electrons. The van der Waals surface area contributed by atoms with E-state index in [9.17, 15) is 4.79 Å².